The number of nitrogens with one attached hydrogen (secondary N) is 1. The number of carbonyl (C=O) groups is 1. The number of aromatic amines is 1. The summed E-state index contributed by atoms with van der Waals surface area (Å²) < 4.78 is 5.13. The molecule has 1 aromatic heterocycles. The fourth-order valence-corrected chi connectivity index (χ4v) is 1.59. The maximum atomic E-state index is 10.9. The van der Waals surface area contributed by atoms with Crippen molar-refractivity contribution in [2.45, 2.75) is 6.92 Å². The lowest BCUT2D eigenvalue weighted by Crippen LogP contribution is -1.87. The quantitative estimate of drug-likeness (QED) is 0.800. The molecule has 0 radical (unpaired) electrons. The normalized spacial score (nSPS) is 10.1. The first-order valence-corrected chi connectivity index (χ1v) is 4.91. The third-order valence-corrected chi connectivity index (χ3v) is 2.31. The third kappa shape index (κ3) is 1.82. The standard InChI is InChI=1S/C12H12N2O2/c1-8-13-11(7-15)12(14-8)9-4-3-5-10(6-9)16-2/h3-7H,1-2H3,(H,13,14). The molecule has 0 atom stereocenters. The van der Waals surface area contributed by atoms with Gasteiger partial charge >= 0.3 is 0 Å². The Bertz CT molecular complexity index is 517. The van der Waals surface area contributed by atoms with E-state index >= 15 is 0 Å². The van der Waals surface area contributed by atoms with Crippen LogP contribution in [-0.2, 0) is 0 Å². The number of aryl methyl sites for hydroxylation is 1. The Hall–Kier alpha value is -2.10. The van der Waals surface area contributed by atoms with Crippen LogP contribution < -0.4 is 4.74 Å². The summed E-state index contributed by atoms with van der Waals surface area (Å²) in [4.78, 5) is 18.1. The Morgan fingerprint density at radius 1 is 1.44 bits per heavy atom. The van der Waals surface area contributed by atoms with E-state index in [4.69, 9.17) is 4.74 Å². The van der Waals surface area contributed by atoms with Crippen molar-refractivity contribution in [2.75, 3.05) is 7.11 Å². The lowest BCUT2D eigenvalue weighted by Gasteiger charge is -2.02. The van der Waals surface area contributed by atoms with Crippen LogP contribution in [0.5, 0.6) is 5.75 Å². The summed E-state index contributed by atoms with van der Waals surface area (Å²) in [6.45, 7) is 1.82. The van der Waals surface area contributed by atoms with E-state index in [9.17, 15) is 4.79 Å². The number of hydrogen-bond donors (Lipinski definition) is 1. The van der Waals surface area contributed by atoms with Crippen LogP contribution in [0.15, 0.2) is 24.3 Å². The van der Waals surface area contributed by atoms with Gasteiger partial charge in [-0.25, -0.2) is 4.98 Å². The molecule has 0 amide bonds. The fraction of sp³-hybridized carbons (Fsp3) is 0.167. The minimum Gasteiger partial charge on any atom is -0.497 e. The molecule has 0 saturated heterocycles. The molecule has 0 spiro atoms. The van der Waals surface area contributed by atoms with Crippen molar-refractivity contribution in [3.8, 4) is 17.0 Å². The zero-order valence-corrected chi connectivity index (χ0v) is 9.15. The van der Waals surface area contributed by atoms with Gasteiger partial charge in [-0.15, -0.1) is 0 Å². The number of H-pyrrole nitrogens is 1. The van der Waals surface area contributed by atoms with Gasteiger partial charge in [0.05, 0.1) is 12.8 Å². The molecule has 0 aliphatic heterocycles. The monoisotopic (exact) mass is 216 g/mol. The second-order valence-electron chi connectivity index (χ2n) is 3.43. The topological polar surface area (TPSA) is 55.0 Å². The highest BCUT2D eigenvalue weighted by molar-refractivity contribution is 5.83. The van der Waals surface area contributed by atoms with E-state index in [0.717, 1.165) is 23.4 Å². The van der Waals surface area contributed by atoms with Crippen LogP contribution >= 0.6 is 0 Å². The van der Waals surface area contributed by atoms with Gasteiger partial charge in [-0.2, -0.15) is 0 Å². The molecule has 0 fully saturated rings. The molecule has 16 heavy (non-hydrogen) atoms. The number of hydrogen-bond acceptors (Lipinski definition) is 3. The number of rotatable bonds is 3. The van der Waals surface area contributed by atoms with Gasteiger partial charge in [0.15, 0.2) is 6.29 Å². The Morgan fingerprint density at radius 2 is 2.25 bits per heavy atom. The molecule has 2 rings (SSSR count). The molecule has 1 N–H and O–H groups in total. The zero-order valence-electron chi connectivity index (χ0n) is 9.15. The average Bonchev–Trinajstić information content (AvgIpc) is 2.70. The molecular weight excluding hydrogens is 204 g/mol. The van der Waals surface area contributed by atoms with Crippen molar-refractivity contribution >= 4 is 6.29 Å². The Kier molecular flexibility index (Phi) is 2.72. The van der Waals surface area contributed by atoms with Crippen LogP contribution in [0.4, 0.5) is 0 Å². The smallest absolute Gasteiger partial charge is 0.168 e. The average molecular weight is 216 g/mol. The summed E-state index contributed by atoms with van der Waals surface area (Å²) in [5.41, 5.74) is 2.02. The number of aldehydes is 1. The SMILES string of the molecule is COc1cccc(-c2nc(C)[nH]c2C=O)c1. The van der Waals surface area contributed by atoms with Crippen molar-refractivity contribution in [3.05, 3.63) is 35.8 Å². The van der Waals surface area contributed by atoms with E-state index in [-0.39, 0.29) is 0 Å². The van der Waals surface area contributed by atoms with Crippen molar-refractivity contribution in [1.82, 2.24) is 9.97 Å². The highest BCUT2D eigenvalue weighted by Crippen LogP contribution is 2.24. The molecule has 82 valence electrons. The van der Waals surface area contributed by atoms with Gasteiger partial charge in [-0.3, -0.25) is 4.79 Å². The van der Waals surface area contributed by atoms with Gasteiger partial charge in [-0.1, -0.05) is 12.1 Å². The Labute approximate surface area is 93.3 Å². The lowest BCUT2D eigenvalue weighted by atomic mass is 10.1. The molecule has 0 bridgehead atoms. The van der Waals surface area contributed by atoms with E-state index in [1.54, 1.807) is 7.11 Å². The van der Waals surface area contributed by atoms with Crippen molar-refractivity contribution < 1.29 is 9.53 Å². The van der Waals surface area contributed by atoms with Crippen LogP contribution in [0.3, 0.4) is 0 Å². The second kappa shape index (κ2) is 4.18. The zero-order chi connectivity index (χ0) is 11.5. The summed E-state index contributed by atoms with van der Waals surface area (Å²) in [5.74, 6) is 1.47. The number of carbonyl (C=O) groups excluding carboxylic acids is 1. The number of benzene rings is 1. The van der Waals surface area contributed by atoms with Crippen LogP contribution in [0.25, 0.3) is 11.3 Å². The van der Waals surface area contributed by atoms with Gasteiger partial charge in [0.25, 0.3) is 0 Å². The summed E-state index contributed by atoms with van der Waals surface area (Å²) >= 11 is 0. The first kappa shape index (κ1) is 10.4. The Morgan fingerprint density at radius 3 is 2.94 bits per heavy atom. The van der Waals surface area contributed by atoms with Crippen molar-refractivity contribution in [1.29, 1.82) is 0 Å². The highest BCUT2D eigenvalue weighted by Gasteiger charge is 2.10. The summed E-state index contributed by atoms with van der Waals surface area (Å²) in [6.07, 6.45) is 0.773. The first-order valence-electron chi connectivity index (χ1n) is 4.91. The van der Waals surface area contributed by atoms with E-state index < -0.39 is 0 Å². The van der Waals surface area contributed by atoms with E-state index in [1.807, 2.05) is 31.2 Å². The molecule has 4 heteroatoms. The number of nitrogens with zero attached hydrogens (tertiary/aromatic N) is 1. The van der Waals surface area contributed by atoms with Crippen LogP contribution in [0, 0.1) is 6.92 Å². The van der Waals surface area contributed by atoms with Gasteiger partial charge in [0.2, 0.25) is 0 Å². The second-order valence-corrected chi connectivity index (χ2v) is 3.43. The Balaban J connectivity index is 2.52. The van der Waals surface area contributed by atoms with Gasteiger partial charge in [0, 0.05) is 5.56 Å². The molecule has 4 nitrogen and oxygen atoms in total. The summed E-state index contributed by atoms with van der Waals surface area (Å²) in [7, 11) is 1.61. The summed E-state index contributed by atoms with van der Waals surface area (Å²) in [5, 5.41) is 0. The van der Waals surface area contributed by atoms with E-state index in [1.165, 1.54) is 0 Å². The van der Waals surface area contributed by atoms with Gasteiger partial charge < -0.3 is 9.72 Å². The van der Waals surface area contributed by atoms with Crippen LogP contribution in [0.2, 0.25) is 0 Å². The predicted molar refractivity (Wildman–Crippen MR) is 60.7 cm³/mol. The number of aromatic nitrogens is 2. The molecule has 2 aromatic rings. The number of ether oxygens (including phenoxy) is 1. The fourth-order valence-electron chi connectivity index (χ4n) is 1.59. The maximum absolute atomic E-state index is 10.9. The highest BCUT2D eigenvalue weighted by atomic mass is 16.5. The van der Waals surface area contributed by atoms with Crippen LogP contribution in [0.1, 0.15) is 16.3 Å². The number of methoxy groups -OCH3 is 1. The van der Waals surface area contributed by atoms with Gasteiger partial charge in [0.1, 0.15) is 17.3 Å². The number of imidazole rings is 1. The van der Waals surface area contributed by atoms with Gasteiger partial charge in [-0.05, 0) is 19.1 Å². The largest absolute Gasteiger partial charge is 0.497 e. The molecule has 0 saturated carbocycles. The third-order valence-electron chi connectivity index (χ3n) is 2.31. The van der Waals surface area contributed by atoms with Crippen molar-refractivity contribution in [2.24, 2.45) is 0 Å². The van der Waals surface area contributed by atoms with E-state index in [2.05, 4.69) is 9.97 Å². The minimum absolute atomic E-state index is 0.491. The van der Waals surface area contributed by atoms with Crippen molar-refractivity contribution in [3.63, 3.8) is 0 Å². The van der Waals surface area contributed by atoms with E-state index in [0.29, 0.717) is 11.4 Å². The predicted octanol–water partition coefficient (Wildman–Crippen LogP) is 2.21. The molecule has 1 aromatic carbocycles. The molecular formula is C12H12N2O2. The molecule has 1 heterocycles. The minimum atomic E-state index is 0.491. The summed E-state index contributed by atoms with van der Waals surface area (Å²) in [6, 6.07) is 7.46. The maximum Gasteiger partial charge on any atom is 0.168 e. The molecule has 0 aliphatic rings. The molecule has 0 aliphatic carbocycles. The van der Waals surface area contributed by atoms with Crippen LogP contribution in [-0.4, -0.2) is 23.4 Å². The molecule has 0 unspecified atom stereocenters. The first-order chi connectivity index (χ1) is 7.74. The lowest BCUT2D eigenvalue weighted by molar-refractivity contribution is 0.112.